The van der Waals surface area contributed by atoms with Gasteiger partial charge in [0.15, 0.2) is 0 Å². The first-order valence-corrected chi connectivity index (χ1v) is 6.48. The Hall–Kier alpha value is -0.600. The molecular weight excluding hydrogens is 216 g/mol. The van der Waals surface area contributed by atoms with E-state index in [0.29, 0.717) is 6.61 Å². The molecule has 3 saturated heterocycles. The van der Waals surface area contributed by atoms with Crippen LogP contribution in [0.5, 0.6) is 0 Å². The van der Waals surface area contributed by atoms with Gasteiger partial charge in [-0.3, -0.25) is 0 Å². The molecule has 0 radical (unpaired) electrons. The Kier molecular flexibility index (Phi) is 2.87. The monoisotopic (exact) mass is 236 g/mol. The van der Waals surface area contributed by atoms with Crippen molar-refractivity contribution in [1.82, 2.24) is 0 Å². The van der Waals surface area contributed by atoms with Gasteiger partial charge in [-0.05, 0) is 25.3 Å². The van der Waals surface area contributed by atoms with Gasteiger partial charge >= 0.3 is 0 Å². The van der Waals surface area contributed by atoms with Gasteiger partial charge in [0.05, 0.1) is 31.5 Å². The van der Waals surface area contributed by atoms with Crippen molar-refractivity contribution in [1.29, 1.82) is 0 Å². The smallest absolute Gasteiger partial charge is 0.120 e. The Morgan fingerprint density at radius 1 is 1.47 bits per heavy atom. The summed E-state index contributed by atoms with van der Waals surface area (Å²) < 4.78 is 17.9. The third kappa shape index (κ3) is 1.98. The molecule has 3 heterocycles. The molecule has 3 nitrogen and oxygen atoms in total. The number of hydrogen-bond donors (Lipinski definition) is 0. The summed E-state index contributed by atoms with van der Waals surface area (Å²) in [6.07, 6.45) is 4.88. The minimum absolute atomic E-state index is 0.159. The van der Waals surface area contributed by atoms with Gasteiger partial charge in [-0.25, -0.2) is 0 Å². The maximum absolute atomic E-state index is 6.30. The lowest BCUT2D eigenvalue weighted by Crippen LogP contribution is -2.52. The van der Waals surface area contributed by atoms with Crippen LogP contribution in [0.4, 0.5) is 0 Å². The van der Waals surface area contributed by atoms with Crippen LogP contribution in [0.1, 0.15) is 32.6 Å². The Balaban J connectivity index is 1.72. The van der Waals surface area contributed by atoms with E-state index in [1.807, 2.05) is 0 Å². The molecule has 0 N–H and O–H groups in total. The first-order chi connectivity index (χ1) is 8.22. The molecule has 0 amide bonds. The average Bonchev–Trinajstić information content (AvgIpc) is 2.58. The van der Waals surface area contributed by atoms with Crippen LogP contribution < -0.4 is 0 Å². The number of fused-ring (bicyclic) bond motifs is 1. The maximum Gasteiger partial charge on any atom is 0.120 e. The minimum Gasteiger partial charge on any atom is -0.376 e. The quantitative estimate of drug-likeness (QED) is 0.688. The van der Waals surface area contributed by atoms with Crippen molar-refractivity contribution in [2.45, 2.75) is 56.5 Å². The molecule has 3 rings (SSSR count). The summed E-state index contributed by atoms with van der Waals surface area (Å²) in [5.74, 6) is 0. The van der Waals surface area contributed by atoms with Crippen LogP contribution in [0.25, 0.3) is 0 Å². The molecule has 3 heteroatoms. The van der Waals surface area contributed by atoms with Crippen LogP contribution >= 0.6 is 0 Å². The molecule has 0 aromatic carbocycles. The molecule has 2 unspecified atom stereocenters. The first-order valence-electron chi connectivity index (χ1n) is 6.48. The fourth-order valence-electron chi connectivity index (χ4n) is 3.31. The summed E-state index contributed by atoms with van der Waals surface area (Å²) in [7, 11) is 0. The Labute approximate surface area is 102 Å². The lowest BCUT2D eigenvalue weighted by Gasteiger charge is -2.42. The van der Waals surface area contributed by atoms with E-state index in [0.717, 1.165) is 32.3 Å². The molecule has 0 saturated carbocycles. The number of rotatable bonds is 2. The molecular formula is C14H20O3. The highest BCUT2D eigenvalue weighted by molar-refractivity contribution is 5.05. The standard InChI is InChI=1S/C14H20O3/c1-3-10(2)6-11-4-5-13-14(17-11)7-12(16-13)8-15-9-14/h11-13H,1,4-9H2,2H3/t11-,12?,13?,14-/m1/s1. The first kappa shape index (κ1) is 11.5. The van der Waals surface area contributed by atoms with Crippen LogP contribution in [-0.4, -0.2) is 37.1 Å². The second-order valence-electron chi connectivity index (χ2n) is 5.51. The van der Waals surface area contributed by atoms with E-state index in [2.05, 4.69) is 19.2 Å². The third-order valence-corrected chi connectivity index (χ3v) is 4.15. The predicted molar refractivity (Wildman–Crippen MR) is 63.9 cm³/mol. The highest BCUT2D eigenvalue weighted by atomic mass is 16.6. The average molecular weight is 236 g/mol. The number of hydrogen-bond acceptors (Lipinski definition) is 3. The summed E-state index contributed by atoms with van der Waals surface area (Å²) in [5.41, 5.74) is 3.97. The van der Waals surface area contributed by atoms with Crippen LogP contribution in [-0.2, 0) is 14.2 Å². The van der Waals surface area contributed by atoms with Gasteiger partial charge in [-0.1, -0.05) is 6.58 Å². The summed E-state index contributed by atoms with van der Waals surface area (Å²) in [5, 5.41) is 0. The van der Waals surface area contributed by atoms with Crippen molar-refractivity contribution in [3.63, 3.8) is 0 Å². The highest BCUT2D eigenvalue weighted by Crippen LogP contribution is 2.45. The van der Waals surface area contributed by atoms with Gasteiger partial charge in [0.1, 0.15) is 5.60 Å². The molecule has 0 aromatic heterocycles. The molecule has 17 heavy (non-hydrogen) atoms. The summed E-state index contributed by atoms with van der Waals surface area (Å²) in [4.78, 5) is 0. The topological polar surface area (TPSA) is 27.7 Å². The molecule has 2 bridgehead atoms. The largest absolute Gasteiger partial charge is 0.376 e. The van der Waals surface area contributed by atoms with Gasteiger partial charge in [-0.2, -0.15) is 0 Å². The van der Waals surface area contributed by atoms with Crippen LogP contribution in [0, 0.1) is 0 Å². The van der Waals surface area contributed by atoms with Crippen molar-refractivity contribution in [2.24, 2.45) is 0 Å². The summed E-state index contributed by atoms with van der Waals surface area (Å²) in [6.45, 7) is 7.18. The minimum atomic E-state index is -0.159. The van der Waals surface area contributed by atoms with Gasteiger partial charge in [-0.15, -0.1) is 5.73 Å². The lowest BCUT2D eigenvalue weighted by atomic mass is 9.85. The van der Waals surface area contributed by atoms with Gasteiger partial charge in [0.25, 0.3) is 0 Å². The predicted octanol–water partition coefficient (Wildman–Crippen LogP) is 2.21. The van der Waals surface area contributed by atoms with E-state index < -0.39 is 0 Å². The normalized spacial score (nSPS) is 43.9. The molecule has 0 aliphatic carbocycles. The van der Waals surface area contributed by atoms with Crippen molar-refractivity contribution in [3.8, 4) is 0 Å². The van der Waals surface area contributed by atoms with E-state index in [4.69, 9.17) is 14.2 Å². The van der Waals surface area contributed by atoms with E-state index in [-0.39, 0.29) is 23.9 Å². The van der Waals surface area contributed by atoms with Crippen molar-refractivity contribution >= 4 is 0 Å². The van der Waals surface area contributed by atoms with E-state index >= 15 is 0 Å². The second kappa shape index (κ2) is 4.25. The second-order valence-corrected chi connectivity index (χ2v) is 5.51. The fraction of sp³-hybridized carbons (Fsp3) is 0.786. The van der Waals surface area contributed by atoms with E-state index in [1.165, 1.54) is 5.57 Å². The summed E-state index contributed by atoms with van der Waals surface area (Å²) >= 11 is 0. The Morgan fingerprint density at radius 2 is 2.35 bits per heavy atom. The Bertz CT molecular complexity index is 358. The van der Waals surface area contributed by atoms with Gasteiger partial charge < -0.3 is 14.2 Å². The zero-order chi connectivity index (χ0) is 11.9. The summed E-state index contributed by atoms with van der Waals surface area (Å²) in [6, 6.07) is 0. The van der Waals surface area contributed by atoms with E-state index in [1.54, 1.807) is 0 Å². The molecule has 0 aromatic rings. The number of ether oxygens (including phenoxy) is 3. The highest BCUT2D eigenvalue weighted by Gasteiger charge is 2.55. The lowest BCUT2D eigenvalue weighted by molar-refractivity contribution is -0.182. The van der Waals surface area contributed by atoms with E-state index in [9.17, 15) is 0 Å². The van der Waals surface area contributed by atoms with Crippen LogP contribution in [0.2, 0.25) is 0 Å². The van der Waals surface area contributed by atoms with Crippen molar-refractivity contribution < 1.29 is 14.2 Å². The molecule has 1 spiro atoms. The zero-order valence-corrected chi connectivity index (χ0v) is 10.4. The Morgan fingerprint density at radius 3 is 3.18 bits per heavy atom. The van der Waals surface area contributed by atoms with Crippen molar-refractivity contribution in [3.05, 3.63) is 17.9 Å². The van der Waals surface area contributed by atoms with Crippen molar-refractivity contribution in [2.75, 3.05) is 13.2 Å². The molecule has 94 valence electrons. The van der Waals surface area contributed by atoms with Gasteiger partial charge in [0.2, 0.25) is 0 Å². The molecule has 3 fully saturated rings. The SMILES string of the molecule is C=C=C(C)C[C@H]1CCC2OC3COC[C@@]2(C3)O1. The fourth-order valence-corrected chi connectivity index (χ4v) is 3.31. The zero-order valence-electron chi connectivity index (χ0n) is 10.4. The molecule has 4 atom stereocenters. The van der Waals surface area contributed by atoms with Gasteiger partial charge in [0, 0.05) is 12.8 Å². The van der Waals surface area contributed by atoms with Crippen LogP contribution in [0.15, 0.2) is 17.9 Å². The molecule has 3 aliphatic heterocycles. The maximum atomic E-state index is 6.30. The third-order valence-electron chi connectivity index (χ3n) is 4.15. The van der Waals surface area contributed by atoms with Crippen LogP contribution in [0.3, 0.4) is 0 Å². The molecule has 3 aliphatic rings.